The fourth-order valence-corrected chi connectivity index (χ4v) is 7.06. The Hall–Kier alpha value is -0.221. The normalized spacial score (nSPS) is 19.4. The molecule has 11 N–H and O–H groups in total. The molecule has 26 nitrogen and oxygen atoms in total. The summed E-state index contributed by atoms with van der Waals surface area (Å²) in [6.45, 7) is 0.444. The molecule has 0 spiro atoms. The summed E-state index contributed by atoms with van der Waals surface area (Å²) in [7, 11) is 0. The van der Waals surface area contributed by atoms with Gasteiger partial charge in [-0.25, -0.2) is 0 Å². The van der Waals surface area contributed by atoms with Gasteiger partial charge in [-0.1, -0.05) is 14.9 Å². The van der Waals surface area contributed by atoms with Crippen LogP contribution in [0, 0.1) is 0 Å². The van der Waals surface area contributed by atoms with Gasteiger partial charge in [0.05, 0.1) is 89.4 Å². The molecule has 0 bridgehead atoms. The summed E-state index contributed by atoms with van der Waals surface area (Å²) in [5.74, 6) is -6.48. The Morgan fingerprint density at radius 3 is 0.701 bits per heavy atom. The zero-order chi connectivity index (χ0) is 46.8. The molecule has 2 aliphatic heterocycles. The van der Waals surface area contributed by atoms with E-state index < -0.39 is 86.5 Å². The quantitative estimate of drug-likeness (QED) is 0.0505. The maximum Gasteiger partial charge on any atom is 2.00 e. The molecule has 4 atom stereocenters. The topological polar surface area (TPSA) is 374 Å². The fourth-order valence-electron chi connectivity index (χ4n) is 7.06. The van der Waals surface area contributed by atoms with E-state index in [-0.39, 0.29) is 264 Å². The largest absolute Gasteiger partial charge is 2.00 e. The first-order valence-electron chi connectivity index (χ1n) is 20.2. The van der Waals surface area contributed by atoms with Crippen LogP contribution in [0.25, 0.3) is 0 Å². The SMILES string of the molecule is C.C.O=C(O)CN1CCN(CC(=O)O)CCN([C@H](CO)[C@H](O)CO)CCN(CC(=O)O)CC1.O=C([O-])CN1CCN(CC(=O)O)CCN(CC(=O)O)CCN([C@H](CO)[C@H](O)CO)CC1.[Ca+2].[Ca+2].[Na+]. The molecule has 0 saturated carbocycles. The Labute approximate surface area is 474 Å². The van der Waals surface area contributed by atoms with E-state index in [0.29, 0.717) is 0 Å². The third-order valence-corrected chi connectivity index (χ3v) is 10.5. The molecule has 67 heavy (non-hydrogen) atoms. The third-order valence-electron chi connectivity index (χ3n) is 10.5. The van der Waals surface area contributed by atoms with Crippen LogP contribution in [0.3, 0.4) is 0 Å². The van der Waals surface area contributed by atoms with Gasteiger partial charge in [-0.2, -0.15) is 0 Å². The van der Waals surface area contributed by atoms with E-state index in [0.717, 1.165) is 0 Å². The minimum Gasteiger partial charge on any atom is -0.549 e. The van der Waals surface area contributed by atoms with Crippen LogP contribution < -0.4 is 34.7 Å². The van der Waals surface area contributed by atoms with Gasteiger partial charge in [0.15, 0.2) is 0 Å². The maximum absolute atomic E-state index is 11.2. The Bertz CT molecular complexity index is 1220. The van der Waals surface area contributed by atoms with Gasteiger partial charge < -0.3 is 66.1 Å². The second-order valence-corrected chi connectivity index (χ2v) is 15.1. The molecule has 376 valence electrons. The maximum atomic E-state index is 11.2. The van der Waals surface area contributed by atoms with Crippen molar-refractivity contribution in [3.05, 3.63) is 0 Å². The van der Waals surface area contributed by atoms with Gasteiger partial charge in [0.1, 0.15) is 0 Å². The first kappa shape index (κ1) is 75.7. The van der Waals surface area contributed by atoms with E-state index >= 15 is 0 Å². The van der Waals surface area contributed by atoms with E-state index in [1.165, 1.54) is 0 Å². The van der Waals surface area contributed by atoms with Crippen LogP contribution in [-0.2, 0) is 28.8 Å². The summed E-state index contributed by atoms with van der Waals surface area (Å²) < 4.78 is 0. The number of aliphatic carboxylic acids is 6. The average Bonchev–Trinajstić information content (AvgIpc) is 3.18. The van der Waals surface area contributed by atoms with Crippen LogP contribution in [0.1, 0.15) is 14.9 Å². The number of carboxylic acids is 6. The minimum absolute atomic E-state index is 0. The van der Waals surface area contributed by atoms with Crippen LogP contribution >= 0.6 is 0 Å². The van der Waals surface area contributed by atoms with Crippen molar-refractivity contribution < 1.29 is 120 Å². The average molecular weight is 1040 g/mol. The van der Waals surface area contributed by atoms with Crippen LogP contribution in [0.2, 0.25) is 0 Å². The van der Waals surface area contributed by atoms with Gasteiger partial charge in [0.25, 0.3) is 0 Å². The number of hydrogen-bond donors (Lipinski definition) is 11. The van der Waals surface area contributed by atoms with E-state index in [9.17, 15) is 79.8 Å². The molecule has 0 aromatic carbocycles. The molecule has 2 rings (SSSR count). The Morgan fingerprint density at radius 1 is 0.373 bits per heavy atom. The van der Waals surface area contributed by atoms with E-state index in [2.05, 4.69) is 0 Å². The Kier molecular flexibility index (Phi) is 49.0. The zero-order valence-electron chi connectivity index (χ0n) is 37.5. The predicted molar refractivity (Wildman–Crippen MR) is 238 cm³/mol. The zero-order valence-corrected chi connectivity index (χ0v) is 43.9. The number of rotatable bonds is 20. The molecule has 0 amide bonds. The summed E-state index contributed by atoms with van der Waals surface area (Å²) in [6.07, 6.45) is -2.45. The minimum atomic E-state index is -1.29. The smallest absolute Gasteiger partial charge is 0.549 e. The molecular formula is C38H75Ca2N8NaO18+4. The van der Waals surface area contributed by atoms with Crippen molar-refractivity contribution in [1.82, 2.24) is 39.2 Å². The third kappa shape index (κ3) is 34.7. The number of hydrogen-bond acceptors (Lipinski definition) is 21. The monoisotopic (exact) mass is 1030 g/mol. The van der Waals surface area contributed by atoms with E-state index in [1.807, 2.05) is 0 Å². The summed E-state index contributed by atoms with van der Waals surface area (Å²) in [6, 6.07) is -1.61. The molecule has 2 fully saturated rings. The molecular weight excluding hydrogens is 960 g/mol. The second kappa shape index (κ2) is 43.4. The summed E-state index contributed by atoms with van der Waals surface area (Å²) in [4.78, 5) is 80.3. The van der Waals surface area contributed by atoms with Gasteiger partial charge in [-0.15, -0.1) is 0 Å². The van der Waals surface area contributed by atoms with Crippen LogP contribution in [0.15, 0.2) is 0 Å². The molecule has 29 heteroatoms. The Morgan fingerprint density at radius 2 is 0.552 bits per heavy atom. The molecule has 0 aliphatic carbocycles. The van der Waals surface area contributed by atoms with Crippen LogP contribution in [0.4, 0.5) is 0 Å². The first-order chi connectivity index (χ1) is 29.3. The van der Waals surface area contributed by atoms with E-state index in [4.69, 9.17) is 10.2 Å². The number of aliphatic hydroxyl groups is 6. The van der Waals surface area contributed by atoms with Crippen LogP contribution in [-0.4, -0.2) is 401 Å². The fraction of sp³-hybridized carbons (Fsp3) is 0.842. The van der Waals surface area contributed by atoms with Crippen LogP contribution in [0.5, 0.6) is 0 Å². The van der Waals surface area contributed by atoms with Crippen molar-refractivity contribution in [2.45, 2.75) is 39.1 Å². The number of aliphatic hydroxyl groups excluding tert-OH is 6. The first-order valence-corrected chi connectivity index (χ1v) is 20.2. The summed E-state index contributed by atoms with van der Waals surface area (Å²) in [5.41, 5.74) is 0. The van der Waals surface area contributed by atoms with Crippen molar-refractivity contribution in [1.29, 1.82) is 0 Å². The predicted octanol–water partition coefficient (Wildman–Crippen LogP) is -11.5. The summed E-state index contributed by atoms with van der Waals surface area (Å²) in [5, 5.41) is 115. The van der Waals surface area contributed by atoms with Crippen molar-refractivity contribution in [2.24, 2.45) is 0 Å². The van der Waals surface area contributed by atoms with E-state index in [1.54, 1.807) is 39.2 Å². The molecule has 0 unspecified atom stereocenters. The molecule has 0 radical (unpaired) electrons. The second-order valence-electron chi connectivity index (χ2n) is 15.1. The van der Waals surface area contributed by atoms with Gasteiger partial charge in [-0.3, -0.25) is 63.2 Å². The van der Waals surface area contributed by atoms with Gasteiger partial charge in [0, 0.05) is 111 Å². The molecule has 2 saturated heterocycles. The van der Waals surface area contributed by atoms with Crippen molar-refractivity contribution in [2.75, 3.05) is 170 Å². The van der Waals surface area contributed by atoms with Crippen molar-refractivity contribution in [3.63, 3.8) is 0 Å². The van der Waals surface area contributed by atoms with Crippen molar-refractivity contribution in [3.8, 4) is 0 Å². The number of carbonyl (C=O) groups excluding carboxylic acids is 1. The number of nitrogens with zero attached hydrogens (tertiary/aromatic N) is 8. The molecule has 2 heterocycles. The Balaban J connectivity index is -0.000000356. The molecule has 0 aromatic heterocycles. The standard InChI is InChI=1S/2C18H34N4O9.2CH4.2Ca.Na/c2*23-12-14(15(25)13-24)22-7-5-20(10-17(28)29)3-1-19(9-16(26)27)2-4-21(6-8-22)11-18(30)31;;;;;/h2*14-15,23-25H,1-13H2,(H,26,27)(H,28,29)(H,30,31);2*1H4;;;/q;;;;2*+2;+1/p-1/t2*14-,15-;;;;;/m11...../s1. The molecule has 0 aromatic rings. The number of carbonyl (C=O) groups is 6. The number of carboxylic acid groups (broad SMARTS) is 6. The van der Waals surface area contributed by atoms with Gasteiger partial charge >= 0.3 is 135 Å². The summed E-state index contributed by atoms with van der Waals surface area (Å²) >= 11 is 0. The van der Waals surface area contributed by atoms with Gasteiger partial charge in [0.2, 0.25) is 0 Å². The van der Waals surface area contributed by atoms with Gasteiger partial charge in [-0.05, 0) is 0 Å². The van der Waals surface area contributed by atoms with Crippen molar-refractivity contribution >= 4 is 111 Å². The molecule has 2 aliphatic rings.